The lowest BCUT2D eigenvalue weighted by Gasteiger charge is -2.24. The number of thiophene rings is 1. The second-order valence-electron chi connectivity index (χ2n) is 7.04. The maximum Gasteiger partial charge on any atom is 0.300 e. The molecule has 7 heteroatoms. The van der Waals surface area contributed by atoms with Gasteiger partial charge in [-0.1, -0.05) is 24.3 Å². The Labute approximate surface area is 190 Å². The van der Waals surface area contributed by atoms with Gasteiger partial charge in [-0.2, -0.15) is 0 Å². The van der Waals surface area contributed by atoms with E-state index >= 15 is 0 Å². The maximum absolute atomic E-state index is 13.2. The summed E-state index contributed by atoms with van der Waals surface area (Å²) in [5, 5.41) is 13.2. The van der Waals surface area contributed by atoms with Crippen LogP contribution in [-0.4, -0.2) is 30.0 Å². The fourth-order valence-corrected chi connectivity index (χ4v) is 4.60. The number of benzene rings is 2. The third kappa shape index (κ3) is 3.87. The molecule has 0 aliphatic carbocycles. The molecule has 2 heterocycles. The molecule has 32 heavy (non-hydrogen) atoms. The smallest absolute Gasteiger partial charge is 0.300 e. The molecular weight excluding hydrogens is 426 g/mol. The number of aliphatic hydroxyl groups is 1. The van der Waals surface area contributed by atoms with Crippen molar-refractivity contribution in [3.05, 3.63) is 82.1 Å². The number of rotatable bonds is 7. The van der Waals surface area contributed by atoms with E-state index in [1.165, 1.54) is 16.2 Å². The zero-order valence-corrected chi connectivity index (χ0v) is 18.6. The Morgan fingerprint density at radius 2 is 1.75 bits per heavy atom. The minimum absolute atomic E-state index is 0.0337. The van der Waals surface area contributed by atoms with Gasteiger partial charge in [0.2, 0.25) is 0 Å². The first-order valence-electron chi connectivity index (χ1n) is 10.4. The Bertz CT molecular complexity index is 1150. The van der Waals surface area contributed by atoms with Gasteiger partial charge < -0.3 is 14.6 Å². The normalized spacial score (nSPS) is 17.6. The highest BCUT2D eigenvalue weighted by Gasteiger charge is 2.47. The van der Waals surface area contributed by atoms with Crippen LogP contribution in [0.4, 0.5) is 5.69 Å². The van der Waals surface area contributed by atoms with Gasteiger partial charge >= 0.3 is 0 Å². The van der Waals surface area contributed by atoms with E-state index in [-0.39, 0.29) is 11.3 Å². The molecule has 0 bridgehead atoms. The van der Waals surface area contributed by atoms with Gasteiger partial charge in [-0.3, -0.25) is 14.5 Å². The molecule has 2 aromatic carbocycles. The number of anilines is 1. The van der Waals surface area contributed by atoms with Crippen molar-refractivity contribution in [3.63, 3.8) is 0 Å². The number of amides is 1. The summed E-state index contributed by atoms with van der Waals surface area (Å²) in [6.45, 7) is 4.55. The summed E-state index contributed by atoms with van der Waals surface area (Å²) >= 11 is 1.42. The molecule has 1 aliphatic heterocycles. The second-order valence-corrected chi connectivity index (χ2v) is 8.02. The fraction of sp³-hybridized carbons (Fsp3) is 0.200. The molecule has 0 radical (unpaired) electrons. The third-order valence-corrected chi connectivity index (χ3v) is 6.04. The van der Waals surface area contributed by atoms with Crippen LogP contribution in [0.3, 0.4) is 0 Å². The Hall–Kier alpha value is -3.58. The van der Waals surface area contributed by atoms with E-state index in [0.29, 0.717) is 36.0 Å². The molecular formula is C25H23NO5S. The van der Waals surface area contributed by atoms with Crippen molar-refractivity contribution in [1.82, 2.24) is 0 Å². The van der Waals surface area contributed by atoms with Crippen LogP contribution in [0.2, 0.25) is 0 Å². The summed E-state index contributed by atoms with van der Waals surface area (Å²) in [7, 11) is 0. The topological polar surface area (TPSA) is 76.1 Å². The van der Waals surface area contributed by atoms with Crippen LogP contribution in [0.15, 0.2) is 71.6 Å². The summed E-state index contributed by atoms with van der Waals surface area (Å²) in [6.07, 6.45) is 0. The van der Waals surface area contributed by atoms with Gasteiger partial charge in [-0.05, 0) is 49.6 Å². The van der Waals surface area contributed by atoms with Crippen molar-refractivity contribution in [1.29, 1.82) is 0 Å². The number of aliphatic hydroxyl groups excluding tert-OH is 1. The summed E-state index contributed by atoms with van der Waals surface area (Å²) in [4.78, 5) is 28.5. The molecule has 0 saturated carbocycles. The lowest BCUT2D eigenvalue weighted by Crippen LogP contribution is -2.29. The first kappa shape index (κ1) is 21.6. The van der Waals surface area contributed by atoms with Gasteiger partial charge in [0, 0.05) is 16.6 Å². The van der Waals surface area contributed by atoms with Crippen molar-refractivity contribution in [2.24, 2.45) is 0 Å². The van der Waals surface area contributed by atoms with E-state index in [4.69, 9.17) is 9.47 Å². The molecule has 1 atom stereocenters. The molecule has 1 amide bonds. The minimum atomic E-state index is -0.738. The number of ketones is 1. The Balaban J connectivity index is 1.90. The molecule has 164 valence electrons. The molecule has 4 rings (SSSR count). The highest BCUT2D eigenvalue weighted by Crippen LogP contribution is 2.44. The van der Waals surface area contributed by atoms with Crippen LogP contribution in [0.5, 0.6) is 11.5 Å². The number of Topliss-reactive ketones (excluding diaryl/α,β-unsaturated/α-hetero) is 1. The van der Waals surface area contributed by atoms with Crippen molar-refractivity contribution in [2.75, 3.05) is 18.1 Å². The van der Waals surface area contributed by atoms with Crippen molar-refractivity contribution < 1.29 is 24.2 Å². The molecule has 1 fully saturated rings. The van der Waals surface area contributed by atoms with Gasteiger partial charge in [0.1, 0.15) is 23.3 Å². The average molecular weight is 450 g/mol. The molecule has 1 aromatic heterocycles. The van der Waals surface area contributed by atoms with E-state index in [1.54, 1.807) is 42.5 Å². The maximum atomic E-state index is 13.2. The van der Waals surface area contributed by atoms with Crippen LogP contribution >= 0.6 is 11.3 Å². The fourth-order valence-electron chi connectivity index (χ4n) is 3.78. The van der Waals surface area contributed by atoms with Crippen LogP contribution in [-0.2, 0) is 9.59 Å². The van der Waals surface area contributed by atoms with E-state index in [1.807, 2.05) is 37.4 Å². The molecule has 1 N–H and O–H groups in total. The van der Waals surface area contributed by atoms with E-state index in [9.17, 15) is 14.7 Å². The summed E-state index contributed by atoms with van der Waals surface area (Å²) in [5.74, 6) is -0.716. The molecule has 1 saturated heterocycles. The van der Waals surface area contributed by atoms with Crippen molar-refractivity contribution in [3.8, 4) is 11.5 Å². The first-order chi connectivity index (χ1) is 15.6. The molecule has 3 aromatic rings. The predicted octanol–water partition coefficient (Wildman–Crippen LogP) is 5.17. The number of carbonyl (C=O) groups is 2. The van der Waals surface area contributed by atoms with Gasteiger partial charge in [-0.25, -0.2) is 0 Å². The molecule has 0 spiro atoms. The van der Waals surface area contributed by atoms with Gasteiger partial charge in [0.05, 0.1) is 24.4 Å². The summed E-state index contributed by atoms with van der Waals surface area (Å²) in [6, 6.07) is 17.0. The van der Waals surface area contributed by atoms with Crippen LogP contribution in [0.25, 0.3) is 5.76 Å². The third-order valence-electron chi connectivity index (χ3n) is 5.11. The van der Waals surface area contributed by atoms with Gasteiger partial charge in [-0.15, -0.1) is 11.3 Å². The van der Waals surface area contributed by atoms with E-state index in [2.05, 4.69) is 0 Å². The zero-order valence-electron chi connectivity index (χ0n) is 17.8. The Morgan fingerprint density at radius 3 is 2.41 bits per heavy atom. The quantitative estimate of drug-likeness (QED) is 0.306. The molecule has 1 aliphatic rings. The second kappa shape index (κ2) is 9.28. The van der Waals surface area contributed by atoms with Crippen LogP contribution < -0.4 is 14.4 Å². The minimum Gasteiger partial charge on any atom is -0.507 e. The summed E-state index contributed by atoms with van der Waals surface area (Å²) in [5.41, 5.74) is 0.957. The van der Waals surface area contributed by atoms with Gasteiger partial charge in [0.15, 0.2) is 0 Å². The Morgan fingerprint density at radius 1 is 1.00 bits per heavy atom. The zero-order chi connectivity index (χ0) is 22.7. The van der Waals surface area contributed by atoms with Crippen LogP contribution in [0.1, 0.15) is 30.3 Å². The highest BCUT2D eigenvalue weighted by atomic mass is 32.1. The number of para-hydroxylation sites is 1. The number of hydrogen-bond donors (Lipinski definition) is 1. The average Bonchev–Trinajstić information content (AvgIpc) is 3.42. The van der Waals surface area contributed by atoms with Crippen LogP contribution in [0, 0.1) is 0 Å². The van der Waals surface area contributed by atoms with E-state index < -0.39 is 17.7 Å². The SMILES string of the molecule is CCOc1ccc(/C(O)=C2/C(=O)C(=O)N(c3ccccc3)C2c2cccs2)c(OCC)c1. The lowest BCUT2D eigenvalue weighted by atomic mass is 9.99. The first-order valence-corrected chi connectivity index (χ1v) is 11.2. The van der Waals surface area contributed by atoms with Crippen molar-refractivity contribution in [2.45, 2.75) is 19.9 Å². The largest absolute Gasteiger partial charge is 0.507 e. The summed E-state index contributed by atoms with van der Waals surface area (Å²) < 4.78 is 11.3. The van der Waals surface area contributed by atoms with E-state index in [0.717, 1.165) is 4.88 Å². The predicted molar refractivity (Wildman–Crippen MR) is 124 cm³/mol. The lowest BCUT2D eigenvalue weighted by molar-refractivity contribution is -0.132. The molecule has 6 nitrogen and oxygen atoms in total. The number of nitrogens with zero attached hydrogens (tertiary/aromatic N) is 1. The highest BCUT2D eigenvalue weighted by molar-refractivity contribution is 7.10. The van der Waals surface area contributed by atoms with Gasteiger partial charge in [0.25, 0.3) is 11.7 Å². The number of hydrogen-bond acceptors (Lipinski definition) is 6. The standard InChI is InChI=1S/C25H23NO5S/c1-3-30-17-12-13-18(19(15-17)31-4-2)23(27)21-22(20-11-8-14-32-20)26(25(29)24(21)28)16-9-6-5-7-10-16/h5-15,22,27H,3-4H2,1-2H3/b23-21-. The molecule has 1 unspecified atom stereocenters. The number of ether oxygens (including phenoxy) is 2. The number of carbonyl (C=O) groups excluding carboxylic acids is 2. The monoisotopic (exact) mass is 449 g/mol. The Kier molecular flexibility index (Phi) is 6.28. The van der Waals surface area contributed by atoms with Crippen molar-refractivity contribution >= 4 is 34.5 Å².